The van der Waals surface area contributed by atoms with Crippen molar-refractivity contribution in [1.29, 1.82) is 0 Å². The molecule has 4 bridgehead atoms. The summed E-state index contributed by atoms with van der Waals surface area (Å²) in [5.41, 5.74) is 2.97. The minimum atomic E-state index is -3.56. The van der Waals surface area contributed by atoms with Gasteiger partial charge in [0.15, 0.2) is 0 Å². The molecule has 0 saturated carbocycles. The average molecular weight is 1090 g/mol. The van der Waals surface area contributed by atoms with Crippen molar-refractivity contribution < 1.29 is 44.7 Å². The highest BCUT2D eigenvalue weighted by Gasteiger charge is 2.44. The molecule has 3 N–H and O–H groups in total. The minimum Gasteiger partial charge on any atom is -0.444 e. The van der Waals surface area contributed by atoms with Gasteiger partial charge >= 0.3 is 6.09 Å². The highest BCUT2D eigenvalue weighted by Crippen LogP contribution is 2.29. The summed E-state index contributed by atoms with van der Waals surface area (Å²) in [6.07, 6.45) is 7.74. The van der Waals surface area contributed by atoms with E-state index >= 15 is 0 Å². The van der Waals surface area contributed by atoms with Gasteiger partial charge in [-0.3, -0.25) is 28.8 Å². The summed E-state index contributed by atoms with van der Waals surface area (Å²) in [4.78, 5) is 49.4. The second kappa shape index (κ2) is 23.3. The highest BCUT2D eigenvalue weighted by atomic mass is 35.5. The topological polar surface area (TPSA) is 181 Å². The van der Waals surface area contributed by atoms with E-state index < -0.39 is 31.7 Å². The molecular formula is C51H60Cl2F2N8O8S2. The zero-order valence-corrected chi connectivity index (χ0v) is 44.2. The average Bonchev–Trinajstić information content (AvgIpc) is 3.27. The van der Waals surface area contributed by atoms with Gasteiger partial charge in [0, 0.05) is 87.6 Å². The van der Waals surface area contributed by atoms with Crippen molar-refractivity contribution in [2.45, 2.75) is 63.6 Å². The summed E-state index contributed by atoms with van der Waals surface area (Å²) in [5.74, 6) is -0.919. The van der Waals surface area contributed by atoms with E-state index in [9.17, 15) is 40.0 Å². The number of amides is 3. The summed E-state index contributed by atoms with van der Waals surface area (Å²) in [5, 5.41) is 4.13. The zero-order valence-electron chi connectivity index (χ0n) is 41.1. The van der Waals surface area contributed by atoms with Crippen molar-refractivity contribution in [3.05, 3.63) is 141 Å². The van der Waals surface area contributed by atoms with Crippen LogP contribution in [0.5, 0.6) is 0 Å². The number of carbonyl (C=O) groups is 3. The number of nitrogens with one attached hydrogen (secondary N) is 3. The van der Waals surface area contributed by atoms with Gasteiger partial charge in [-0.2, -0.15) is 0 Å². The van der Waals surface area contributed by atoms with E-state index in [-0.39, 0.29) is 53.3 Å². The van der Waals surface area contributed by atoms with E-state index in [2.05, 4.69) is 24.6 Å². The van der Waals surface area contributed by atoms with Crippen molar-refractivity contribution in [2.24, 2.45) is 0 Å². The van der Waals surface area contributed by atoms with Gasteiger partial charge < -0.3 is 24.8 Å². The van der Waals surface area contributed by atoms with Crippen LogP contribution < -0.4 is 14.8 Å². The molecule has 0 aromatic heterocycles. The number of rotatable bonds is 12. The highest BCUT2D eigenvalue weighted by molar-refractivity contribution is 7.92. The summed E-state index contributed by atoms with van der Waals surface area (Å²) < 4.78 is 84.0. The predicted octanol–water partition coefficient (Wildman–Crippen LogP) is 6.74. The number of halogens is 4. The van der Waals surface area contributed by atoms with Crippen LogP contribution in [-0.4, -0.2) is 154 Å². The standard InChI is InChI=1S/C28H34ClFN4O5S.C23H26ClFN4O3S/c1-28(2,3)39-27(36)33-17-23-15-32(14-19-5-10-22(30)11-6-19)16-24(18-33)34(23)26(35)12-8-20-7-9-21(29)13-25(20)31-40(4,37)38;1-33(31,32)27-22-10-18(24)6-4-17(22)5-9-23(30)29-20-11-26-12-21(29)15-28(14-20)13-16-2-7-19(25)8-3-16/h5-13,23-24,31H,14-18H2,1-4H3;2-10,20-21,26-27H,11-15H2,1H3/b12-8+;9-5+. The van der Waals surface area contributed by atoms with Crippen molar-refractivity contribution in [2.75, 3.05) is 74.3 Å². The predicted molar refractivity (Wildman–Crippen MR) is 281 cm³/mol. The van der Waals surface area contributed by atoms with Gasteiger partial charge in [-0.1, -0.05) is 59.6 Å². The zero-order chi connectivity index (χ0) is 52.8. The Morgan fingerprint density at radius 2 is 1.01 bits per heavy atom. The normalized spacial score (nSPS) is 20.6. The van der Waals surface area contributed by atoms with Gasteiger partial charge in [0.1, 0.15) is 17.2 Å². The Balaban J connectivity index is 0.000000218. The molecule has 392 valence electrons. The van der Waals surface area contributed by atoms with E-state index in [4.69, 9.17) is 27.9 Å². The first-order chi connectivity index (χ1) is 34.3. The molecule has 73 heavy (non-hydrogen) atoms. The number of benzene rings is 4. The van der Waals surface area contributed by atoms with Gasteiger partial charge in [0.2, 0.25) is 31.9 Å². The molecule has 4 aliphatic heterocycles. The largest absolute Gasteiger partial charge is 0.444 e. The monoisotopic (exact) mass is 1080 g/mol. The van der Waals surface area contributed by atoms with Crippen LogP contribution in [-0.2, 0) is 47.5 Å². The Kier molecular flexibility index (Phi) is 17.6. The summed E-state index contributed by atoms with van der Waals surface area (Å²) in [6, 6.07) is 21.8. The van der Waals surface area contributed by atoms with Crippen LogP contribution in [0, 0.1) is 11.6 Å². The van der Waals surface area contributed by atoms with Crippen molar-refractivity contribution >= 4 is 84.7 Å². The number of anilines is 2. The minimum absolute atomic E-state index is 0.00827. The molecular weight excluding hydrogens is 1030 g/mol. The van der Waals surface area contributed by atoms with E-state index in [0.29, 0.717) is 92.3 Å². The maximum Gasteiger partial charge on any atom is 0.410 e. The molecule has 4 aliphatic rings. The summed E-state index contributed by atoms with van der Waals surface area (Å²) >= 11 is 12.1. The van der Waals surface area contributed by atoms with Crippen LogP contribution in [0.2, 0.25) is 10.0 Å². The van der Waals surface area contributed by atoms with Gasteiger partial charge in [0.25, 0.3) is 0 Å². The summed E-state index contributed by atoms with van der Waals surface area (Å²) in [7, 11) is -7.06. The van der Waals surface area contributed by atoms with E-state index in [1.807, 2.05) is 25.7 Å². The Morgan fingerprint density at radius 1 is 0.630 bits per heavy atom. The van der Waals surface area contributed by atoms with E-state index in [0.717, 1.165) is 23.6 Å². The van der Waals surface area contributed by atoms with Crippen LogP contribution in [0.1, 0.15) is 43.0 Å². The second-order valence-corrected chi connectivity index (χ2v) is 24.0. The molecule has 4 atom stereocenters. The molecule has 3 amide bonds. The molecule has 4 aromatic rings. The number of hydrogen-bond acceptors (Lipinski definition) is 11. The lowest BCUT2D eigenvalue weighted by Crippen LogP contribution is -2.70. The fraction of sp³-hybridized carbons (Fsp3) is 0.392. The van der Waals surface area contributed by atoms with Crippen molar-refractivity contribution in [3.63, 3.8) is 0 Å². The lowest BCUT2D eigenvalue weighted by Gasteiger charge is -2.52. The van der Waals surface area contributed by atoms with E-state index in [1.165, 1.54) is 48.6 Å². The number of piperazine rings is 4. The molecule has 22 heteroatoms. The lowest BCUT2D eigenvalue weighted by molar-refractivity contribution is -0.141. The number of hydrogen-bond donors (Lipinski definition) is 3. The molecule has 0 spiro atoms. The van der Waals surface area contributed by atoms with Crippen LogP contribution >= 0.6 is 23.2 Å². The Hall–Kier alpha value is -5.61. The van der Waals surface area contributed by atoms with Crippen LogP contribution in [0.15, 0.2) is 97.1 Å². The molecule has 0 aliphatic carbocycles. The third kappa shape index (κ3) is 15.9. The number of carbonyl (C=O) groups excluding carboxylic acids is 3. The number of ether oxygens (including phenoxy) is 1. The number of fused-ring (bicyclic) bond motifs is 4. The molecule has 0 radical (unpaired) electrons. The van der Waals surface area contributed by atoms with Gasteiger partial charge in [-0.25, -0.2) is 30.4 Å². The van der Waals surface area contributed by atoms with Crippen LogP contribution in [0.4, 0.5) is 25.0 Å². The fourth-order valence-electron chi connectivity index (χ4n) is 9.47. The smallest absolute Gasteiger partial charge is 0.410 e. The molecule has 16 nitrogen and oxygen atoms in total. The van der Waals surface area contributed by atoms with Gasteiger partial charge in [0.05, 0.1) is 48.1 Å². The van der Waals surface area contributed by atoms with Crippen LogP contribution in [0.3, 0.4) is 0 Å². The number of nitrogens with zero attached hydrogens (tertiary/aromatic N) is 5. The molecule has 4 fully saturated rings. The van der Waals surface area contributed by atoms with Crippen molar-refractivity contribution in [3.8, 4) is 0 Å². The fourth-order valence-corrected chi connectivity index (χ4v) is 11.0. The third-order valence-electron chi connectivity index (χ3n) is 12.3. The summed E-state index contributed by atoms with van der Waals surface area (Å²) in [6.45, 7) is 11.1. The molecule has 4 heterocycles. The quantitative estimate of drug-likeness (QED) is 0.128. The number of sulfonamides is 2. The Morgan fingerprint density at radius 3 is 1.40 bits per heavy atom. The lowest BCUT2D eigenvalue weighted by atomic mass is 9.99. The first-order valence-electron chi connectivity index (χ1n) is 23.5. The van der Waals surface area contributed by atoms with Crippen molar-refractivity contribution in [1.82, 2.24) is 29.8 Å². The third-order valence-corrected chi connectivity index (χ3v) is 14.0. The first kappa shape index (κ1) is 55.1. The molecule has 8 rings (SSSR count). The Labute approximate surface area is 436 Å². The Bertz CT molecular complexity index is 2920. The SMILES string of the molecule is CC(C)(C)OC(=O)N1CC2CN(Cc3ccc(F)cc3)CC(C1)N2C(=O)/C=C/c1ccc(Cl)cc1NS(C)(=O)=O.CS(=O)(=O)Nc1cc(Cl)ccc1/C=C/C(=O)N1C2CNCC1CN(Cc1ccc(F)cc1)C2. The second-order valence-electron chi connectivity index (χ2n) is 19.7. The molecule has 4 saturated heterocycles. The maximum absolute atomic E-state index is 13.5. The van der Waals surface area contributed by atoms with Gasteiger partial charge in [-0.15, -0.1) is 0 Å². The van der Waals surface area contributed by atoms with E-state index in [1.54, 1.807) is 70.5 Å². The van der Waals surface area contributed by atoms with Crippen LogP contribution in [0.25, 0.3) is 12.2 Å². The van der Waals surface area contributed by atoms with Gasteiger partial charge in [-0.05, 0) is 104 Å². The maximum atomic E-state index is 13.5. The molecule has 4 aromatic carbocycles. The molecule has 4 unspecified atom stereocenters. The first-order valence-corrected chi connectivity index (χ1v) is 28.1.